The molecule has 0 amide bonds. The number of carbonyl (C=O) groups is 1. The zero-order valence-corrected chi connectivity index (χ0v) is 10.00. The summed E-state index contributed by atoms with van der Waals surface area (Å²) in [4.78, 5) is 11.1. The summed E-state index contributed by atoms with van der Waals surface area (Å²) in [5.74, 6) is -0.909. The van der Waals surface area contributed by atoms with E-state index in [-0.39, 0.29) is 16.5 Å². The summed E-state index contributed by atoms with van der Waals surface area (Å²) in [7, 11) is 1.39. The Morgan fingerprint density at radius 2 is 2.00 bits per heavy atom. The molecular weight excluding hydrogens is 232 g/mol. The molecule has 88 valence electrons. The predicted molar refractivity (Wildman–Crippen MR) is 60.3 cm³/mol. The minimum atomic E-state index is -1.14. The Morgan fingerprint density at radius 1 is 1.44 bits per heavy atom. The molecule has 0 spiro atoms. The van der Waals surface area contributed by atoms with Crippen molar-refractivity contribution in [2.45, 2.75) is 19.3 Å². The van der Waals surface area contributed by atoms with E-state index in [0.29, 0.717) is 5.56 Å². The van der Waals surface area contributed by atoms with E-state index < -0.39 is 11.4 Å². The lowest BCUT2D eigenvalue weighted by Gasteiger charge is -2.22. The third kappa shape index (κ3) is 2.07. The van der Waals surface area contributed by atoms with E-state index in [9.17, 15) is 9.90 Å². The van der Waals surface area contributed by atoms with Gasteiger partial charge in [-0.3, -0.25) is 4.79 Å². The SMILES string of the molecule is COc1cc(C(C)(C)C(=O)O)c(Cl)cc1O. The van der Waals surface area contributed by atoms with Gasteiger partial charge in [0, 0.05) is 11.1 Å². The Morgan fingerprint density at radius 3 is 2.44 bits per heavy atom. The highest BCUT2D eigenvalue weighted by atomic mass is 35.5. The lowest BCUT2D eigenvalue weighted by atomic mass is 9.84. The van der Waals surface area contributed by atoms with Crippen molar-refractivity contribution in [3.63, 3.8) is 0 Å². The molecule has 0 fully saturated rings. The molecule has 0 unspecified atom stereocenters. The van der Waals surface area contributed by atoms with Gasteiger partial charge in [-0.25, -0.2) is 0 Å². The summed E-state index contributed by atoms with van der Waals surface area (Å²) in [5, 5.41) is 18.8. The standard InChI is InChI=1S/C11H13ClO4/c1-11(2,10(14)15)6-4-9(16-3)8(13)5-7(6)12/h4-5,13H,1-3H3,(H,14,15). The average molecular weight is 245 g/mol. The van der Waals surface area contributed by atoms with E-state index in [4.69, 9.17) is 21.4 Å². The maximum Gasteiger partial charge on any atom is 0.313 e. The Balaban J connectivity index is 3.40. The first-order chi connectivity index (χ1) is 7.30. The number of hydrogen-bond acceptors (Lipinski definition) is 3. The van der Waals surface area contributed by atoms with Gasteiger partial charge in [0.1, 0.15) is 0 Å². The van der Waals surface area contributed by atoms with Gasteiger partial charge in [0.2, 0.25) is 0 Å². The number of ether oxygens (including phenoxy) is 1. The molecule has 0 saturated carbocycles. The molecule has 1 rings (SSSR count). The van der Waals surface area contributed by atoms with Gasteiger partial charge in [0.25, 0.3) is 0 Å². The van der Waals surface area contributed by atoms with Crippen LogP contribution in [-0.2, 0) is 10.2 Å². The monoisotopic (exact) mass is 244 g/mol. The molecule has 4 nitrogen and oxygen atoms in total. The van der Waals surface area contributed by atoms with Crippen LogP contribution in [0.1, 0.15) is 19.4 Å². The Labute approximate surface area is 98.4 Å². The maximum atomic E-state index is 11.1. The molecule has 0 aliphatic rings. The first-order valence-electron chi connectivity index (χ1n) is 4.61. The third-order valence-electron chi connectivity index (χ3n) is 2.48. The van der Waals surface area contributed by atoms with E-state index in [1.54, 1.807) is 0 Å². The summed E-state index contributed by atoms with van der Waals surface area (Å²) >= 11 is 5.91. The van der Waals surface area contributed by atoms with Crippen LogP contribution in [0.15, 0.2) is 12.1 Å². The van der Waals surface area contributed by atoms with E-state index in [2.05, 4.69) is 0 Å². The summed E-state index contributed by atoms with van der Waals surface area (Å²) < 4.78 is 4.91. The predicted octanol–water partition coefficient (Wildman–Crippen LogP) is 2.42. The number of hydrogen-bond donors (Lipinski definition) is 2. The van der Waals surface area contributed by atoms with E-state index in [0.717, 1.165) is 0 Å². The molecular formula is C11H13ClO4. The molecule has 2 N–H and O–H groups in total. The summed E-state index contributed by atoms with van der Waals surface area (Å²) in [5.41, 5.74) is -0.741. The number of halogens is 1. The first-order valence-corrected chi connectivity index (χ1v) is 4.99. The van der Waals surface area contributed by atoms with Crippen molar-refractivity contribution in [2.75, 3.05) is 7.11 Å². The fourth-order valence-electron chi connectivity index (χ4n) is 1.30. The highest BCUT2D eigenvalue weighted by Gasteiger charge is 2.32. The number of rotatable bonds is 3. The van der Waals surface area contributed by atoms with Crippen LogP contribution in [0.3, 0.4) is 0 Å². The third-order valence-corrected chi connectivity index (χ3v) is 2.79. The fourth-order valence-corrected chi connectivity index (χ4v) is 1.69. The molecule has 0 atom stereocenters. The number of phenolic OH excluding ortho intramolecular Hbond substituents is 1. The van der Waals surface area contributed by atoms with E-state index in [1.165, 1.54) is 33.1 Å². The van der Waals surface area contributed by atoms with Crippen molar-refractivity contribution in [3.8, 4) is 11.5 Å². The first kappa shape index (κ1) is 12.6. The number of benzene rings is 1. The molecule has 1 aromatic carbocycles. The topological polar surface area (TPSA) is 66.8 Å². The molecule has 0 bridgehead atoms. The summed E-state index contributed by atoms with van der Waals surface area (Å²) in [6.45, 7) is 3.07. The van der Waals surface area contributed by atoms with E-state index in [1.807, 2.05) is 0 Å². The number of aromatic hydroxyl groups is 1. The van der Waals surface area contributed by atoms with Crippen LogP contribution >= 0.6 is 11.6 Å². The minimum absolute atomic E-state index is 0.113. The average Bonchev–Trinajstić information content (AvgIpc) is 2.17. The highest BCUT2D eigenvalue weighted by Crippen LogP contribution is 2.38. The molecule has 0 aliphatic carbocycles. The second-order valence-electron chi connectivity index (χ2n) is 3.93. The van der Waals surface area contributed by atoms with Crippen molar-refractivity contribution in [2.24, 2.45) is 0 Å². The van der Waals surface area contributed by atoms with Crippen LogP contribution in [0.2, 0.25) is 5.02 Å². The van der Waals surface area contributed by atoms with Gasteiger partial charge in [0.15, 0.2) is 11.5 Å². The molecule has 0 radical (unpaired) electrons. The van der Waals surface area contributed by atoms with Crippen LogP contribution in [0.5, 0.6) is 11.5 Å². The quantitative estimate of drug-likeness (QED) is 0.857. The molecule has 0 aliphatic heterocycles. The van der Waals surface area contributed by atoms with Gasteiger partial charge in [0.05, 0.1) is 12.5 Å². The molecule has 0 heterocycles. The number of methoxy groups -OCH3 is 1. The van der Waals surface area contributed by atoms with Crippen LogP contribution < -0.4 is 4.74 Å². The number of phenols is 1. The Hall–Kier alpha value is -1.42. The zero-order valence-electron chi connectivity index (χ0n) is 9.24. The highest BCUT2D eigenvalue weighted by molar-refractivity contribution is 6.32. The van der Waals surface area contributed by atoms with Gasteiger partial charge in [-0.05, 0) is 25.5 Å². The van der Waals surface area contributed by atoms with Crippen LogP contribution in [0.25, 0.3) is 0 Å². The normalized spacial score (nSPS) is 11.2. The summed E-state index contributed by atoms with van der Waals surface area (Å²) in [6.07, 6.45) is 0. The van der Waals surface area contributed by atoms with Crippen molar-refractivity contribution in [1.82, 2.24) is 0 Å². The van der Waals surface area contributed by atoms with E-state index >= 15 is 0 Å². The molecule has 0 saturated heterocycles. The number of carboxylic acids is 1. The van der Waals surface area contributed by atoms with Gasteiger partial charge in [-0.1, -0.05) is 11.6 Å². The smallest absolute Gasteiger partial charge is 0.313 e. The van der Waals surface area contributed by atoms with Crippen molar-refractivity contribution in [3.05, 3.63) is 22.7 Å². The van der Waals surface area contributed by atoms with Crippen molar-refractivity contribution >= 4 is 17.6 Å². The Kier molecular flexibility index (Phi) is 3.33. The van der Waals surface area contributed by atoms with Gasteiger partial charge in [-0.2, -0.15) is 0 Å². The van der Waals surface area contributed by atoms with Crippen molar-refractivity contribution in [1.29, 1.82) is 0 Å². The van der Waals surface area contributed by atoms with Gasteiger partial charge < -0.3 is 14.9 Å². The molecule has 1 aromatic rings. The largest absolute Gasteiger partial charge is 0.504 e. The van der Waals surface area contributed by atoms with Crippen LogP contribution in [0, 0.1) is 0 Å². The van der Waals surface area contributed by atoms with Crippen molar-refractivity contribution < 1.29 is 19.7 Å². The lowest BCUT2D eigenvalue weighted by molar-refractivity contribution is -0.142. The zero-order chi connectivity index (χ0) is 12.5. The van der Waals surface area contributed by atoms with Gasteiger partial charge >= 0.3 is 5.97 Å². The lowest BCUT2D eigenvalue weighted by Crippen LogP contribution is -2.28. The second-order valence-corrected chi connectivity index (χ2v) is 4.34. The molecule has 5 heteroatoms. The minimum Gasteiger partial charge on any atom is -0.504 e. The Bertz CT molecular complexity index is 426. The maximum absolute atomic E-state index is 11.1. The summed E-state index contributed by atoms with van der Waals surface area (Å²) in [6, 6.07) is 2.71. The number of aliphatic carboxylic acids is 1. The van der Waals surface area contributed by atoms with Crippen LogP contribution in [-0.4, -0.2) is 23.3 Å². The molecule has 16 heavy (non-hydrogen) atoms. The fraction of sp³-hybridized carbons (Fsp3) is 0.364. The second kappa shape index (κ2) is 4.22. The number of carboxylic acid groups (broad SMARTS) is 1. The van der Waals surface area contributed by atoms with Crippen LogP contribution in [0.4, 0.5) is 0 Å². The van der Waals surface area contributed by atoms with Gasteiger partial charge in [-0.15, -0.1) is 0 Å². The molecule has 0 aromatic heterocycles.